The van der Waals surface area contributed by atoms with Gasteiger partial charge in [0.1, 0.15) is 11.4 Å². The summed E-state index contributed by atoms with van der Waals surface area (Å²) in [6.07, 6.45) is 7.25. The van der Waals surface area contributed by atoms with E-state index >= 15 is 0 Å². The summed E-state index contributed by atoms with van der Waals surface area (Å²) in [5.74, 6) is 1.63. The number of ether oxygens (including phenoxy) is 1. The van der Waals surface area contributed by atoms with Gasteiger partial charge in [0.15, 0.2) is 0 Å². The van der Waals surface area contributed by atoms with Gasteiger partial charge in [0.25, 0.3) is 0 Å². The van der Waals surface area contributed by atoms with Gasteiger partial charge in [-0.3, -0.25) is 4.98 Å². The summed E-state index contributed by atoms with van der Waals surface area (Å²) < 4.78 is 8.23. The minimum atomic E-state index is 0.713. The van der Waals surface area contributed by atoms with E-state index in [1.165, 1.54) is 18.4 Å². The number of nitrogens with zero attached hydrogens (tertiary/aromatic N) is 3. The molecule has 1 aliphatic carbocycles. The number of hydrogen-bond donors (Lipinski definition) is 0. The predicted molar refractivity (Wildman–Crippen MR) is 109 cm³/mol. The quantitative estimate of drug-likeness (QED) is 0.620. The van der Waals surface area contributed by atoms with Crippen molar-refractivity contribution in [3.63, 3.8) is 0 Å². The minimum Gasteiger partial charge on any atom is -0.493 e. The molecule has 1 aromatic carbocycles. The standard InChI is InChI=1S/C21H24N3OP/c1-3-14-8-9-22-18(10-14)20-21(24(2)13-23-20)17-7-6-16(26)11-19(17)25-12-15-4-5-15/h6-11,13,15H,3-5,12,26H2,1-2H3. The van der Waals surface area contributed by atoms with Gasteiger partial charge in [0, 0.05) is 18.8 Å². The largest absolute Gasteiger partial charge is 0.493 e. The molecule has 2 heterocycles. The van der Waals surface area contributed by atoms with Crippen LogP contribution >= 0.6 is 9.24 Å². The van der Waals surface area contributed by atoms with Crippen LogP contribution in [0, 0.1) is 5.92 Å². The fourth-order valence-electron chi connectivity index (χ4n) is 3.11. The Morgan fingerprint density at radius 1 is 1.19 bits per heavy atom. The van der Waals surface area contributed by atoms with Crippen LogP contribution < -0.4 is 10.0 Å². The lowest BCUT2D eigenvalue weighted by atomic mass is 10.1. The second-order valence-corrected chi connectivity index (χ2v) is 7.63. The van der Waals surface area contributed by atoms with Crippen LogP contribution in [0.4, 0.5) is 0 Å². The SMILES string of the molecule is CCc1ccnc(-c2ncn(C)c2-c2ccc(P)cc2OCC2CC2)c1. The number of pyridine rings is 1. The molecule has 0 spiro atoms. The lowest BCUT2D eigenvalue weighted by Crippen LogP contribution is -2.04. The van der Waals surface area contributed by atoms with Gasteiger partial charge >= 0.3 is 0 Å². The molecule has 1 aliphatic rings. The van der Waals surface area contributed by atoms with E-state index in [-0.39, 0.29) is 0 Å². The Morgan fingerprint density at radius 2 is 2.04 bits per heavy atom. The summed E-state index contributed by atoms with van der Waals surface area (Å²) in [7, 11) is 4.78. The molecule has 0 N–H and O–H groups in total. The Balaban J connectivity index is 1.79. The van der Waals surface area contributed by atoms with Crippen LogP contribution in [-0.4, -0.2) is 21.1 Å². The van der Waals surface area contributed by atoms with E-state index in [0.29, 0.717) is 5.92 Å². The summed E-state index contributed by atoms with van der Waals surface area (Å²) in [6, 6.07) is 10.5. The third kappa shape index (κ3) is 3.52. The van der Waals surface area contributed by atoms with Crippen molar-refractivity contribution in [2.24, 2.45) is 13.0 Å². The average molecular weight is 365 g/mol. The van der Waals surface area contributed by atoms with Crippen molar-refractivity contribution in [3.8, 4) is 28.4 Å². The molecule has 4 rings (SSSR count). The molecule has 134 valence electrons. The first kappa shape index (κ1) is 17.2. The van der Waals surface area contributed by atoms with E-state index in [2.05, 4.69) is 61.0 Å². The fraction of sp³-hybridized carbons (Fsp3) is 0.333. The maximum Gasteiger partial charge on any atom is 0.129 e. The van der Waals surface area contributed by atoms with Gasteiger partial charge in [-0.15, -0.1) is 9.24 Å². The lowest BCUT2D eigenvalue weighted by molar-refractivity contribution is 0.301. The second kappa shape index (κ2) is 7.20. The number of hydrogen-bond acceptors (Lipinski definition) is 3. The Kier molecular flexibility index (Phi) is 4.78. The zero-order chi connectivity index (χ0) is 18.1. The van der Waals surface area contributed by atoms with Gasteiger partial charge < -0.3 is 9.30 Å². The number of aromatic nitrogens is 3. The fourth-order valence-corrected chi connectivity index (χ4v) is 3.35. The van der Waals surface area contributed by atoms with E-state index < -0.39 is 0 Å². The van der Waals surface area contributed by atoms with Gasteiger partial charge in [0.2, 0.25) is 0 Å². The van der Waals surface area contributed by atoms with E-state index in [1.807, 2.05) is 19.6 Å². The van der Waals surface area contributed by atoms with Crippen LogP contribution in [-0.2, 0) is 13.5 Å². The van der Waals surface area contributed by atoms with Crippen LogP contribution in [0.1, 0.15) is 25.3 Å². The summed E-state index contributed by atoms with van der Waals surface area (Å²) in [5.41, 5.74) is 5.17. The first-order valence-corrected chi connectivity index (χ1v) is 9.72. The summed E-state index contributed by atoms with van der Waals surface area (Å²) >= 11 is 0. The Morgan fingerprint density at radius 3 is 2.81 bits per heavy atom. The molecule has 1 fully saturated rings. The Hall–Kier alpha value is -2.19. The van der Waals surface area contributed by atoms with Crippen molar-refractivity contribution in [3.05, 3.63) is 48.4 Å². The summed E-state index contributed by atoms with van der Waals surface area (Å²) in [5, 5.41) is 1.12. The van der Waals surface area contributed by atoms with Crippen LogP contribution in [0.15, 0.2) is 42.9 Å². The lowest BCUT2D eigenvalue weighted by Gasteiger charge is -2.14. The second-order valence-electron chi connectivity index (χ2n) is 6.97. The van der Waals surface area contributed by atoms with Crippen molar-refractivity contribution >= 4 is 14.5 Å². The molecule has 0 radical (unpaired) electrons. The third-order valence-electron chi connectivity index (χ3n) is 4.84. The van der Waals surface area contributed by atoms with Crippen molar-refractivity contribution < 1.29 is 4.74 Å². The topological polar surface area (TPSA) is 39.9 Å². The average Bonchev–Trinajstić information content (AvgIpc) is 3.41. The maximum absolute atomic E-state index is 6.18. The first-order chi connectivity index (χ1) is 12.7. The molecule has 0 aliphatic heterocycles. The van der Waals surface area contributed by atoms with Crippen LogP contribution in [0.25, 0.3) is 22.6 Å². The highest BCUT2D eigenvalue weighted by atomic mass is 31.0. The molecular weight excluding hydrogens is 341 g/mol. The molecule has 3 aromatic rings. The van der Waals surface area contributed by atoms with E-state index in [9.17, 15) is 0 Å². The zero-order valence-corrected chi connectivity index (χ0v) is 16.4. The van der Waals surface area contributed by atoms with Gasteiger partial charge in [-0.05, 0) is 60.3 Å². The van der Waals surface area contributed by atoms with Crippen LogP contribution in [0.2, 0.25) is 0 Å². The molecule has 0 amide bonds. The highest BCUT2D eigenvalue weighted by molar-refractivity contribution is 7.27. The maximum atomic E-state index is 6.18. The van der Waals surface area contributed by atoms with E-state index in [1.54, 1.807) is 0 Å². The zero-order valence-electron chi connectivity index (χ0n) is 15.3. The molecule has 1 saturated carbocycles. The molecule has 26 heavy (non-hydrogen) atoms. The van der Waals surface area contributed by atoms with Crippen molar-refractivity contribution in [1.82, 2.24) is 14.5 Å². The highest BCUT2D eigenvalue weighted by Crippen LogP contribution is 2.37. The summed E-state index contributed by atoms with van der Waals surface area (Å²) in [4.78, 5) is 9.22. The number of aryl methyl sites for hydroxylation is 2. The Labute approximate surface area is 156 Å². The predicted octanol–water partition coefficient (Wildman–Crippen LogP) is 4.00. The van der Waals surface area contributed by atoms with Gasteiger partial charge in [-0.1, -0.05) is 13.0 Å². The van der Waals surface area contributed by atoms with Gasteiger partial charge in [-0.2, -0.15) is 0 Å². The van der Waals surface area contributed by atoms with E-state index in [0.717, 1.165) is 46.7 Å². The van der Waals surface area contributed by atoms with Gasteiger partial charge in [-0.25, -0.2) is 4.98 Å². The van der Waals surface area contributed by atoms with Crippen molar-refractivity contribution in [1.29, 1.82) is 0 Å². The molecule has 0 bridgehead atoms. The monoisotopic (exact) mass is 365 g/mol. The van der Waals surface area contributed by atoms with Gasteiger partial charge in [0.05, 0.1) is 24.3 Å². The normalized spacial score (nSPS) is 13.8. The third-order valence-corrected chi connectivity index (χ3v) is 5.20. The minimum absolute atomic E-state index is 0.713. The first-order valence-electron chi connectivity index (χ1n) is 9.15. The molecule has 0 saturated heterocycles. The van der Waals surface area contributed by atoms with Crippen molar-refractivity contribution in [2.45, 2.75) is 26.2 Å². The number of imidazole rings is 1. The highest BCUT2D eigenvalue weighted by Gasteiger charge is 2.24. The summed E-state index contributed by atoms with van der Waals surface area (Å²) in [6.45, 7) is 2.94. The van der Waals surface area contributed by atoms with Crippen LogP contribution in [0.3, 0.4) is 0 Å². The molecule has 1 atom stereocenters. The molecule has 2 aromatic heterocycles. The van der Waals surface area contributed by atoms with Crippen LogP contribution in [0.5, 0.6) is 5.75 Å². The Bertz CT molecular complexity index is 931. The number of benzene rings is 1. The van der Waals surface area contributed by atoms with E-state index in [4.69, 9.17) is 4.74 Å². The smallest absolute Gasteiger partial charge is 0.129 e. The molecular formula is C21H24N3OP. The molecule has 1 unspecified atom stereocenters. The molecule has 5 heteroatoms. The number of rotatable bonds is 6. The molecule has 4 nitrogen and oxygen atoms in total. The van der Waals surface area contributed by atoms with Crippen molar-refractivity contribution in [2.75, 3.05) is 6.61 Å².